The molecular formula is C18H17ClFN3O2. The van der Waals surface area contributed by atoms with E-state index in [9.17, 15) is 9.18 Å². The van der Waals surface area contributed by atoms with E-state index < -0.39 is 11.7 Å². The molecular weight excluding hydrogens is 345 g/mol. The number of amides is 1. The van der Waals surface area contributed by atoms with E-state index in [1.54, 1.807) is 0 Å². The molecule has 2 aromatic heterocycles. The minimum atomic E-state index is -0.640. The Balaban J connectivity index is 1.67. The van der Waals surface area contributed by atoms with Crippen LogP contribution < -0.4 is 10.1 Å². The first-order valence-corrected chi connectivity index (χ1v) is 8.29. The summed E-state index contributed by atoms with van der Waals surface area (Å²) in [6.45, 7) is 2.79. The minimum Gasteiger partial charge on any atom is -0.490 e. The van der Waals surface area contributed by atoms with Crippen LogP contribution >= 0.6 is 11.6 Å². The second-order valence-corrected chi connectivity index (χ2v) is 5.78. The smallest absolute Gasteiger partial charge is 0.255 e. The standard InChI is InChI=1S/C18H17ClFN3O2/c1-2-25-15-7-4-10-23-11-12(22-17(15)23)8-9-21-18(24)16-13(19)5-3-6-14(16)20/h3-7,10-11H,2,8-9H2,1H3,(H,21,24). The van der Waals surface area contributed by atoms with E-state index in [1.807, 2.05) is 35.9 Å². The Hall–Kier alpha value is -2.60. The molecule has 0 unspecified atom stereocenters. The van der Waals surface area contributed by atoms with Gasteiger partial charge >= 0.3 is 0 Å². The molecule has 0 saturated carbocycles. The third-order valence-electron chi connectivity index (χ3n) is 3.65. The van der Waals surface area contributed by atoms with E-state index >= 15 is 0 Å². The summed E-state index contributed by atoms with van der Waals surface area (Å²) in [5, 5.41) is 2.76. The van der Waals surface area contributed by atoms with Crippen molar-refractivity contribution in [2.45, 2.75) is 13.3 Å². The predicted octanol–water partition coefficient (Wildman–Crippen LogP) is 3.50. The number of imidazole rings is 1. The number of nitrogens with one attached hydrogen (secondary N) is 1. The van der Waals surface area contributed by atoms with Crippen molar-refractivity contribution >= 4 is 23.2 Å². The maximum atomic E-state index is 13.7. The number of rotatable bonds is 6. The van der Waals surface area contributed by atoms with Crippen LogP contribution in [0.3, 0.4) is 0 Å². The number of ether oxygens (including phenoxy) is 1. The monoisotopic (exact) mass is 361 g/mol. The van der Waals surface area contributed by atoms with Crippen molar-refractivity contribution in [1.82, 2.24) is 14.7 Å². The Bertz CT molecular complexity index is 890. The van der Waals surface area contributed by atoms with Crippen molar-refractivity contribution in [2.24, 2.45) is 0 Å². The van der Waals surface area contributed by atoms with E-state index in [0.717, 1.165) is 11.3 Å². The lowest BCUT2D eigenvalue weighted by molar-refractivity contribution is 0.0950. The number of nitrogens with zero attached hydrogens (tertiary/aromatic N) is 2. The summed E-state index contributed by atoms with van der Waals surface area (Å²) in [6.07, 6.45) is 4.26. The van der Waals surface area contributed by atoms with E-state index in [2.05, 4.69) is 10.3 Å². The Morgan fingerprint density at radius 3 is 2.96 bits per heavy atom. The van der Waals surface area contributed by atoms with E-state index in [4.69, 9.17) is 16.3 Å². The van der Waals surface area contributed by atoms with Crippen LogP contribution in [0.1, 0.15) is 23.0 Å². The van der Waals surface area contributed by atoms with Gasteiger partial charge in [-0.1, -0.05) is 17.7 Å². The van der Waals surface area contributed by atoms with Gasteiger partial charge < -0.3 is 14.5 Å². The van der Waals surface area contributed by atoms with Crippen LogP contribution in [0.5, 0.6) is 5.75 Å². The van der Waals surface area contributed by atoms with Crippen LogP contribution in [0.15, 0.2) is 42.7 Å². The molecule has 0 saturated heterocycles. The number of hydrogen-bond acceptors (Lipinski definition) is 3. The molecule has 1 amide bonds. The Morgan fingerprint density at radius 1 is 1.36 bits per heavy atom. The Morgan fingerprint density at radius 2 is 2.20 bits per heavy atom. The van der Waals surface area contributed by atoms with Crippen LogP contribution in [0, 0.1) is 5.82 Å². The van der Waals surface area contributed by atoms with Gasteiger partial charge in [0, 0.05) is 25.4 Å². The van der Waals surface area contributed by atoms with Crippen LogP contribution in [0.4, 0.5) is 4.39 Å². The molecule has 7 heteroatoms. The minimum absolute atomic E-state index is 0.0894. The lowest BCUT2D eigenvalue weighted by atomic mass is 10.2. The zero-order chi connectivity index (χ0) is 17.8. The zero-order valence-corrected chi connectivity index (χ0v) is 14.4. The topological polar surface area (TPSA) is 55.6 Å². The van der Waals surface area contributed by atoms with Crippen molar-refractivity contribution in [3.05, 3.63) is 64.8 Å². The highest BCUT2D eigenvalue weighted by Gasteiger charge is 2.15. The fraction of sp³-hybridized carbons (Fsp3) is 0.222. The van der Waals surface area contributed by atoms with E-state index in [0.29, 0.717) is 25.3 Å². The summed E-state index contributed by atoms with van der Waals surface area (Å²) in [7, 11) is 0. The maximum Gasteiger partial charge on any atom is 0.255 e. The molecule has 0 aliphatic rings. The molecule has 5 nitrogen and oxygen atoms in total. The molecule has 0 atom stereocenters. The molecule has 25 heavy (non-hydrogen) atoms. The van der Waals surface area contributed by atoms with Crippen molar-refractivity contribution < 1.29 is 13.9 Å². The highest BCUT2D eigenvalue weighted by atomic mass is 35.5. The largest absolute Gasteiger partial charge is 0.490 e. The second-order valence-electron chi connectivity index (χ2n) is 5.37. The first kappa shape index (κ1) is 17.2. The Kier molecular flexibility index (Phi) is 5.19. The number of pyridine rings is 1. The molecule has 2 heterocycles. The normalized spacial score (nSPS) is 10.8. The number of hydrogen-bond donors (Lipinski definition) is 1. The average molecular weight is 362 g/mol. The molecule has 0 fully saturated rings. The third-order valence-corrected chi connectivity index (χ3v) is 3.97. The lowest BCUT2D eigenvalue weighted by Crippen LogP contribution is -2.27. The molecule has 130 valence electrons. The molecule has 0 radical (unpaired) electrons. The molecule has 1 aromatic carbocycles. The fourth-order valence-electron chi connectivity index (χ4n) is 2.53. The summed E-state index contributed by atoms with van der Waals surface area (Å²) in [5.74, 6) is -0.473. The lowest BCUT2D eigenvalue weighted by Gasteiger charge is -2.06. The molecule has 0 spiro atoms. The van der Waals surface area contributed by atoms with Gasteiger partial charge in [-0.3, -0.25) is 4.79 Å². The van der Waals surface area contributed by atoms with Crippen molar-refractivity contribution in [2.75, 3.05) is 13.2 Å². The fourth-order valence-corrected chi connectivity index (χ4v) is 2.78. The average Bonchev–Trinajstić information content (AvgIpc) is 2.99. The first-order chi connectivity index (χ1) is 12.1. The van der Waals surface area contributed by atoms with Gasteiger partial charge in [0.2, 0.25) is 0 Å². The van der Waals surface area contributed by atoms with Gasteiger partial charge in [-0.25, -0.2) is 9.37 Å². The van der Waals surface area contributed by atoms with Crippen LogP contribution in [0.2, 0.25) is 5.02 Å². The van der Waals surface area contributed by atoms with Crippen molar-refractivity contribution in [3.8, 4) is 5.75 Å². The molecule has 3 rings (SSSR count). The predicted molar refractivity (Wildman–Crippen MR) is 93.8 cm³/mol. The van der Waals surface area contributed by atoms with Crippen LogP contribution in [0.25, 0.3) is 5.65 Å². The van der Waals surface area contributed by atoms with Gasteiger partial charge in [-0.05, 0) is 31.2 Å². The van der Waals surface area contributed by atoms with Crippen LogP contribution in [-0.2, 0) is 6.42 Å². The number of fused-ring (bicyclic) bond motifs is 1. The van der Waals surface area contributed by atoms with Gasteiger partial charge in [0.15, 0.2) is 11.4 Å². The molecule has 0 aliphatic heterocycles. The van der Waals surface area contributed by atoms with Crippen LogP contribution in [-0.4, -0.2) is 28.4 Å². The second kappa shape index (κ2) is 7.53. The van der Waals surface area contributed by atoms with Gasteiger partial charge in [0.1, 0.15) is 5.82 Å². The van der Waals surface area contributed by atoms with Crippen molar-refractivity contribution in [1.29, 1.82) is 0 Å². The summed E-state index contributed by atoms with van der Waals surface area (Å²) >= 11 is 5.89. The zero-order valence-electron chi connectivity index (χ0n) is 13.6. The highest BCUT2D eigenvalue weighted by Crippen LogP contribution is 2.20. The van der Waals surface area contributed by atoms with Gasteiger partial charge in [0.25, 0.3) is 5.91 Å². The quantitative estimate of drug-likeness (QED) is 0.731. The molecule has 0 aliphatic carbocycles. The number of aromatic nitrogens is 2. The number of halogens is 2. The molecule has 3 aromatic rings. The summed E-state index contributed by atoms with van der Waals surface area (Å²) in [4.78, 5) is 16.6. The summed E-state index contributed by atoms with van der Waals surface area (Å²) in [6, 6.07) is 7.89. The van der Waals surface area contributed by atoms with Gasteiger partial charge in [-0.2, -0.15) is 0 Å². The highest BCUT2D eigenvalue weighted by molar-refractivity contribution is 6.33. The SMILES string of the molecule is CCOc1cccn2cc(CCNC(=O)c3c(F)cccc3Cl)nc12. The number of carbonyl (C=O) groups is 1. The Labute approximate surface area is 149 Å². The summed E-state index contributed by atoms with van der Waals surface area (Å²) in [5.41, 5.74) is 1.38. The molecule has 1 N–H and O–H groups in total. The van der Waals surface area contributed by atoms with E-state index in [-0.39, 0.29) is 10.6 Å². The number of carbonyl (C=O) groups excluding carboxylic acids is 1. The molecule has 0 bridgehead atoms. The number of benzene rings is 1. The maximum absolute atomic E-state index is 13.7. The summed E-state index contributed by atoms with van der Waals surface area (Å²) < 4.78 is 21.2. The van der Waals surface area contributed by atoms with Gasteiger partial charge in [0.05, 0.1) is 22.9 Å². The van der Waals surface area contributed by atoms with Gasteiger partial charge in [-0.15, -0.1) is 0 Å². The third kappa shape index (κ3) is 3.74. The van der Waals surface area contributed by atoms with E-state index in [1.165, 1.54) is 18.2 Å². The van der Waals surface area contributed by atoms with Crippen molar-refractivity contribution in [3.63, 3.8) is 0 Å². The first-order valence-electron chi connectivity index (χ1n) is 7.91.